The second kappa shape index (κ2) is 8.55. The molecule has 26 heavy (non-hydrogen) atoms. The monoisotopic (exact) mass is 427 g/mol. The molecule has 130 valence electrons. The predicted octanol–water partition coefficient (Wildman–Crippen LogP) is 4.81. The summed E-state index contributed by atoms with van der Waals surface area (Å²) in [5.41, 5.74) is 1.90. The van der Waals surface area contributed by atoms with Crippen LogP contribution in [0.1, 0.15) is 15.9 Å². The number of carbonyl (C=O) groups excluding carboxylic acids is 2. The number of carbonyl (C=O) groups is 2. The summed E-state index contributed by atoms with van der Waals surface area (Å²) >= 11 is 4.71. The Bertz CT molecular complexity index is 938. The van der Waals surface area contributed by atoms with Gasteiger partial charge in [0.05, 0.1) is 0 Å². The maximum Gasteiger partial charge on any atom is 0.257 e. The molecule has 5 nitrogen and oxygen atoms in total. The van der Waals surface area contributed by atoms with Gasteiger partial charge in [-0.2, -0.15) is 0 Å². The Morgan fingerprint density at radius 2 is 1.88 bits per heavy atom. The number of thiazole rings is 1. The molecule has 0 radical (unpaired) electrons. The lowest BCUT2D eigenvalue weighted by Crippen LogP contribution is -2.13. The molecule has 0 saturated carbocycles. The number of benzene rings is 2. The molecule has 3 rings (SSSR count). The summed E-state index contributed by atoms with van der Waals surface area (Å²) in [6.45, 7) is 0. The molecule has 0 unspecified atom stereocenters. The Balaban J connectivity index is 1.63. The van der Waals surface area contributed by atoms with Crippen molar-refractivity contribution in [1.29, 1.82) is 0 Å². The lowest BCUT2D eigenvalue weighted by molar-refractivity contribution is -0.111. The van der Waals surface area contributed by atoms with E-state index >= 15 is 0 Å². The molecule has 0 aliphatic rings. The Kier molecular flexibility index (Phi) is 5.93. The second-order valence-corrected chi connectivity index (χ2v) is 7.06. The van der Waals surface area contributed by atoms with Crippen molar-refractivity contribution in [1.82, 2.24) is 4.98 Å². The van der Waals surface area contributed by atoms with Gasteiger partial charge in [0.15, 0.2) is 5.13 Å². The SMILES string of the molecule is O=C(/C=C/c1ccc(Br)cc1)Nc1cccc(C(=O)Nc2nccs2)c1. The highest BCUT2D eigenvalue weighted by Crippen LogP contribution is 2.16. The summed E-state index contributed by atoms with van der Waals surface area (Å²) in [6, 6.07) is 14.3. The Morgan fingerprint density at radius 1 is 1.08 bits per heavy atom. The van der Waals surface area contributed by atoms with Crippen molar-refractivity contribution in [3.63, 3.8) is 0 Å². The highest BCUT2D eigenvalue weighted by atomic mass is 79.9. The van der Waals surface area contributed by atoms with Gasteiger partial charge < -0.3 is 5.32 Å². The van der Waals surface area contributed by atoms with E-state index < -0.39 is 0 Å². The fourth-order valence-electron chi connectivity index (χ4n) is 2.12. The molecule has 0 aliphatic heterocycles. The van der Waals surface area contributed by atoms with Crippen molar-refractivity contribution in [3.05, 3.63) is 81.8 Å². The van der Waals surface area contributed by atoms with Crippen LogP contribution in [0.15, 0.2) is 70.7 Å². The lowest BCUT2D eigenvalue weighted by atomic mass is 10.2. The fourth-order valence-corrected chi connectivity index (χ4v) is 2.91. The van der Waals surface area contributed by atoms with Gasteiger partial charge in [-0.25, -0.2) is 4.98 Å². The first kappa shape index (κ1) is 18.0. The van der Waals surface area contributed by atoms with E-state index in [1.165, 1.54) is 17.4 Å². The van der Waals surface area contributed by atoms with Gasteiger partial charge in [0, 0.05) is 33.4 Å². The number of amides is 2. The fraction of sp³-hybridized carbons (Fsp3) is 0. The van der Waals surface area contributed by atoms with Crippen molar-refractivity contribution in [3.8, 4) is 0 Å². The number of aromatic nitrogens is 1. The van der Waals surface area contributed by atoms with Crippen LogP contribution in [0.25, 0.3) is 6.08 Å². The van der Waals surface area contributed by atoms with E-state index in [1.807, 2.05) is 24.3 Å². The van der Waals surface area contributed by atoms with E-state index in [1.54, 1.807) is 41.9 Å². The minimum Gasteiger partial charge on any atom is -0.322 e. The van der Waals surface area contributed by atoms with Crippen molar-refractivity contribution in [2.75, 3.05) is 10.6 Å². The lowest BCUT2D eigenvalue weighted by Gasteiger charge is -2.06. The van der Waals surface area contributed by atoms with Crippen LogP contribution in [-0.4, -0.2) is 16.8 Å². The predicted molar refractivity (Wildman–Crippen MR) is 108 cm³/mol. The molecule has 0 bridgehead atoms. The van der Waals surface area contributed by atoms with Crippen LogP contribution in [0.4, 0.5) is 10.8 Å². The second-order valence-electron chi connectivity index (χ2n) is 5.25. The highest BCUT2D eigenvalue weighted by molar-refractivity contribution is 9.10. The van der Waals surface area contributed by atoms with Crippen LogP contribution in [0.5, 0.6) is 0 Å². The molecule has 0 saturated heterocycles. The van der Waals surface area contributed by atoms with Gasteiger partial charge >= 0.3 is 0 Å². The molecule has 3 aromatic rings. The van der Waals surface area contributed by atoms with Crippen LogP contribution in [0, 0.1) is 0 Å². The molecule has 1 heterocycles. The van der Waals surface area contributed by atoms with Gasteiger partial charge in [0.1, 0.15) is 0 Å². The van der Waals surface area contributed by atoms with Crippen LogP contribution in [-0.2, 0) is 4.79 Å². The van der Waals surface area contributed by atoms with E-state index in [9.17, 15) is 9.59 Å². The zero-order valence-corrected chi connectivity index (χ0v) is 15.9. The van der Waals surface area contributed by atoms with E-state index in [-0.39, 0.29) is 11.8 Å². The number of nitrogens with one attached hydrogen (secondary N) is 2. The number of hydrogen-bond acceptors (Lipinski definition) is 4. The number of anilines is 2. The molecular weight excluding hydrogens is 414 g/mol. The largest absolute Gasteiger partial charge is 0.322 e. The maximum absolute atomic E-state index is 12.2. The van der Waals surface area contributed by atoms with Crippen molar-refractivity contribution in [2.24, 2.45) is 0 Å². The normalized spacial score (nSPS) is 10.7. The zero-order chi connectivity index (χ0) is 18.4. The zero-order valence-electron chi connectivity index (χ0n) is 13.5. The first-order valence-electron chi connectivity index (χ1n) is 7.66. The van der Waals surface area contributed by atoms with Gasteiger partial charge in [-0.15, -0.1) is 11.3 Å². The Hall–Kier alpha value is -2.77. The van der Waals surface area contributed by atoms with Crippen molar-refractivity contribution < 1.29 is 9.59 Å². The summed E-state index contributed by atoms with van der Waals surface area (Å²) in [7, 11) is 0. The molecule has 2 aromatic carbocycles. The van der Waals surface area contributed by atoms with Gasteiger partial charge in [0.2, 0.25) is 5.91 Å². The third-order valence-corrected chi connectivity index (χ3v) is 4.56. The first-order chi connectivity index (χ1) is 12.6. The standard InChI is InChI=1S/C19H14BrN3O2S/c20-15-7-4-13(5-8-15)6-9-17(24)22-16-3-1-2-14(12-16)18(25)23-19-21-10-11-26-19/h1-12H,(H,22,24)(H,21,23,25)/b9-6+. The average molecular weight is 428 g/mol. The van der Waals surface area contributed by atoms with E-state index in [0.717, 1.165) is 10.0 Å². The molecule has 0 spiro atoms. The van der Waals surface area contributed by atoms with Crippen molar-refractivity contribution >= 4 is 56.0 Å². The molecule has 0 atom stereocenters. The Labute approximate surface area is 162 Å². The maximum atomic E-state index is 12.2. The van der Waals surface area contributed by atoms with Gasteiger partial charge in [-0.1, -0.05) is 34.1 Å². The number of rotatable bonds is 5. The van der Waals surface area contributed by atoms with E-state index in [2.05, 4.69) is 31.5 Å². The topological polar surface area (TPSA) is 71.1 Å². The number of nitrogens with zero attached hydrogens (tertiary/aromatic N) is 1. The van der Waals surface area contributed by atoms with Crippen molar-refractivity contribution in [2.45, 2.75) is 0 Å². The first-order valence-corrected chi connectivity index (χ1v) is 9.33. The van der Waals surface area contributed by atoms with Crippen LogP contribution in [0.2, 0.25) is 0 Å². The molecule has 1 aromatic heterocycles. The Morgan fingerprint density at radius 3 is 2.62 bits per heavy atom. The summed E-state index contributed by atoms with van der Waals surface area (Å²) in [5.74, 6) is -0.549. The smallest absolute Gasteiger partial charge is 0.257 e. The number of halogens is 1. The van der Waals surface area contributed by atoms with E-state index in [4.69, 9.17) is 0 Å². The van der Waals surface area contributed by atoms with Gasteiger partial charge in [0.25, 0.3) is 5.91 Å². The van der Waals surface area contributed by atoms with Gasteiger partial charge in [-0.3, -0.25) is 14.9 Å². The molecule has 0 aliphatic carbocycles. The third-order valence-electron chi connectivity index (χ3n) is 3.34. The number of hydrogen-bond donors (Lipinski definition) is 2. The third kappa shape index (κ3) is 5.11. The summed E-state index contributed by atoms with van der Waals surface area (Å²) in [6.07, 6.45) is 4.79. The summed E-state index contributed by atoms with van der Waals surface area (Å²) < 4.78 is 0.979. The van der Waals surface area contributed by atoms with Crippen LogP contribution in [0.3, 0.4) is 0 Å². The molecule has 7 heteroatoms. The average Bonchev–Trinajstić information content (AvgIpc) is 3.14. The van der Waals surface area contributed by atoms with Crippen LogP contribution < -0.4 is 10.6 Å². The molecular formula is C19H14BrN3O2S. The van der Waals surface area contributed by atoms with Gasteiger partial charge in [-0.05, 0) is 42.0 Å². The van der Waals surface area contributed by atoms with Crippen LogP contribution >= 0.6 is 27.3 Å². The van der Waals surface area contributed by atoms with E-state index in [0.29, 0.717) is 16.4 Å². The molecule has 2 amide bonds. The quantitative estimate of drug-likeness (QED) is 0.573. The minimum absolute atomic E-state index is 0.273. The summed E-state index contributed by atoms with van der Waals surface area (Å²) in [5, 5.41) is 7.77. The summed E-state index contributed by atoms with van der Waals surface area (Å²) in [4.78, 5) is 28.3. The molecule has 0 fully saturated rings. The highest BCUT2D eigenvalue weighted by Gasteiger charge is 2.08. The minimum atomic E-state index is -0.276. The molecule has 2 N–H and O–H groups in total.